The second-order valence-electron chi connectivity index (χ2n) is 7.32. The Hall–Kier alpha value is -1.95. The maximum atomic E-state index is 5.85. The molecule has 0 radical (unpaired) electrons. The van der Waals surface area contributed by atoms with Gasteiger partial charge in [0.05, 0.1) is 0 Å². The van der Waals surface area contributed by atoms with Gasteiger partial charge in [0.25, 0.3) is 0 Å². The lowest BCUT2D eigenvalue weighted by Crippen LogP contribution is -2.36. The van der Waals surface area contributed by atoms with E-state index < -0.39 is 0 Å². The molecule has 0 spiro atoms. The van der Waals surface area contributed by atoms with E-state index in [0.29, 0.717) is 17.9 Å². The highest BCUT2D eigenvalue weighted by molar-refractivity contribution is 5.94. The van der Waals surface area contributed by atoms with Crippen LogP contribution in [0.25, 0.3) is 0 Å². The van der Waals surface area contributed by atoms with Crippen LogP contribution in [0.2, 0.25) is 0 Å². The van der Waals surface area contributed by atoms with Gasteiger partial charge >= 0.3 is 0 Å². The van der Waals surface area contributed by atoms with Gasteiger partial charge in [0.15, 0.2) is 17.5 Å². The maximum absolute atomic E-state index is 5.85. The standard InChI is InChI=1S/C19H30N4O2/c1-13(2)22-19(21-11-15-5-3-4-14(8-15)10-20)23-16-6-7-17-18(9-16)25-12-24-17/h6-7,9,13-15H,3-5,8,10-12,20H2,1-2H3,(H2,21,22,23). The highest BCUT2D eigenvalue weighted by atomic mass is 16.7. The van der Waals surface area contributed by atoms with Gasteiger partial charge in [-0.05, 0) is 63.6 Å². The number of hydrogen-bond donors (Lipinski definition) is 3. The molecule has 1 heterocycles. The van der Waals surface area contributed by atoms with Crippen molar-refractivity contribution in [3.05, 3.63) is 18.2 Å². The molecule has 25 heavy (non-hydrogen) atoms. The number of benzene rings is 1. The van der Waals surface area contributed by atoms with Gasteiger partial charge in [-0.15, -0.1) is 0 Å². The molecule has 1 saturated carbocycles. The number of nitrogens with one attached hydrogen (secondary N) is 2. The summed E-state index contributed by atoms with van der Waals surface area (Å²) in [6.45, 7) is 6.15. The zero-order valence-corrected chi connectivity index (χ0v) is 15.3. The average Bonchev–Trinajstić information content (AvgIpc) is 3.07. The fourth-order valence-corrected chi connectivity index (χ4v) is 3.51. The first kappa shape index (κ1) is 17.9. The molecule has 6 heteroatoms. The van der Waals surface area contributed by atoms with Crippen molar-refractivity contribution in [3.8, 4) is 11.5 Å². The summed E-state index contributed by atoms with van der Waals surface area (Å²) in [6.07, 6.45) is 4.98. The van der Waals surface area contributed by atoms with Gasteiger partial charge in [-0.25, -0.2) is 0 Å². The van der Waals surface area contributed by atoms with Crippen molar-refractivity contribution in [2.75, 3.05) is 25.2 Å². The average molecular weight is 346 g/mol. The second-order valence-corrected chi connectivity index (χ2v) is 7.32. The number of guanidine groups is 1. The molecule has 1 aromatic rings. The Balaban J connectivity index is 1.64. The number of nitrogens with zero attached hydrogens (tertiary/aromatic N) is 1. The fraction of sp³-hybridized carbons (Fsp3) is 0.632. The van der Waals surface area contributed by atoms with Crippen LogP contribution in [0.4, 0.5) is 5.69 Å². The molecular weight excluding hydrogens is 316 g/mol. The molecule has 1 aliphatic heterocycles. The highest BCUT2D eigenvalue weighted by Gasteiger charge is 2.21. The van der Waals surface area contributed by atoms with Crippen LogP contribution in [0.15, 0.2) is 23.2 Å². The Bertz CT molecular complexity index is 603. The van der Waals surface area contributed by atoms with Crippen molar-refractivity contribution in [3.63, 3.8) is 0 Å². The first-order valence-corrected chi connectivity index (χ1v) is 9.31. The van der Waals surface area contributed by atoms with Crippen LogP contribution in [0.5, 0.6) is 11.5 Å². The molecule has 2 atom stereocenters. The third-order valence-electron chi connectivity index (χ3n) is 4.79. The zero-order chi connectivity index (χ0) is 17.6. The minimum absolute atomic E-state index is 0.286. The summed E-state index contributed by atoms with van der Waals surface area (Å²) in [5.74, 6) is 3.66. The molecule has 1 aromatic carbocycles. The van der Waals surface area contributed by atoms with Crippen LogP contribution < -0.4 is 25.8 Å². The van der Waals surface area contributed by atoms with E-state index in [2.05, 4.69) is 24.5 Å². The Kier molecular flexibility index (Phi) is 6.02. The quantitative estimate of drug-likeness (QED) is 0.564. The molecule has 6 nitrogen and oxygen atoms in total. The number of hydrogen-bond acceptors (Lipinski definition) is 4. The van der Waals surface area contributed by atoms with Gasteiger partial charge in [0.1, 0.15) is 0 Å². The van der Waals surface area contributed by atoms with Crippen LogP contribution in [0.3, 0.4) is 0 Å². The SMILES string of the molecule is CC(C)NC(=NCC1CCCC(CN)C1)Nc1ccc2c(c1)OCO2. The van der Waals surface area contributed by atoms with Crippen LogP contribution >= 0.6 is 0 Å². The van der Waals surface area contributed by atoms with E-state index in [1.807, 2.05) is 18.2 Å². The minimum Gasteiger partial charge on any atom is -0.454 e. The lowest BCUT2D eigenvalue weighted by Gasteiger charge is -2.27. The van der Waals surface area contributed by atoms with Crippen LogP contribution in [-0.2, 0) is 0 Å². The number of nitrogens with two attached hydrogens (primary N) is 1. The molecule has 2 unspecified atom stereocenters. The molecule has 0 saturated heterocycles. The van der Waals surface area contributed by atoms with Gasteiger partial charge < -0.3 is 25.8 Å². The molecule has 4 N–H and O–H groups in total. The molecule has 0 aromatic heterocycles. The number of anilines is 1. The normalized spacial score (nSPS) is 23.0. The lowest BCUT2D eigenvalue weighted by molar-refractivity contribution is 0.174. The molecule has 2 aliphatic rings. The van der Waals surface area contributed by atoms with Crippen LogP contribution in [0.1, 0.15) is 39.5 Å². The molecular formula is C19H30N4O2. The van der Waals surface area contributed by atoms with Gasteiger partial charge in [-0.3, -0.25) is 4.99 Å². The van der Waals surface area contributed by atoms with Crippen molar-refractivity contribution in [1.29, 1.82) is 0 Å². The van der Waals surface area contributed by atoms with Gasteiger partial charge in [0.2, 0.25) is 6.79 Å². The van der Waals surface area contributed by atoms with E-state index in [-0.39, 0.29) is 6.79 Å². The molecule has 138 valence electrons. The first-order valence-electron chi connectivity index (χ1n) is 9.31. The van der Waals surface area contributed by atoms with Crippen molar-refractivity contribution in [1.82, 2.24) is 5.32 Å². The topological polar surface area (TPSA) is 80.9 Å². The number of fused-ring (bicyclic) bond motifs is 1. The number of aliphatic imine (C=N–C) groups is 1. The first-order chi connectivity index (χ1) is 12.1. The summed E-state index contributed by atoms with van der Waals surface area (Å²) in [5.41, 5.74) is 6.80. The van der Waals surface area contributed by atoms with Crippen molar-refractivity contribution in [2.24, 2.45) is 22.6 Å². The summed E-state index contributed by atoms with van der Waals surface area (Å²) < 4.78 is 10.8. The number of ether oxygens (including phenoxy) is 2. The van der Waals surface area contributed by atoms with Crippen LogP contribution in [0, 0.1) is 11.8 Å². The maximum Gasteiger partial charge on any atom is 0.231 e. The molecule has 0 bridgehead atoms. The Morgan fingerprint density at radius 2 is 2.04 bits per heavy atom. The highest BCUT2D eigenvalue weighted by Crippen LogP contribution is 2.34. The molecule has 0 amide bonds. The van der Waals surface area contributed by atoms with Crippen LogP contribution in [-0.4, -0.2) is 31.9 Å². The largest absolute Gasteiger partial charge is 0.454 e. The summed E-state index contributed by atoms with van der Waals surface area (Å²) in [6, 6.07) is 6.16. The molecule has 3 rings (SSSR count). The Labute approximate surface area is 150 Å². The van der Waals surface area contributed by atoms with Crippen molar-refractivity contribution in [2.45, 2.75) is 45.6 Å². The third-order valence-corrected chi connectivity index (χ3v) is 4.79. The second kappa shape index (κ2) is 8.43. The predicted octanol–water partition coefficient (Wildman–Crippen LogP) is 2.95. The van der Waals surface area contributed by atoms with Crippen molar-refractivity contribution >= 4 is 11.6 Å². The fourth-order valence-electron chi connectivity index (χ4n) is 3.51. The molecule has 1 aliphatic carbocycles. The van der Waals surface area contributed by atoms with Gasteiger partial charge in [-0.1, -0.05) is 6.42 Å². The minimum atomic E-state index is 0.286. The summed E-state index contributed by atoms with van der Waals surface area (Å²) in [5, 5.41) is 6.79. The summed E-state index contributed by atoms with van der Waals surface area (Å²) in [7, 11) is 0. The predicted molar refractivity (Wildman–Crippen MR) is 101 cm³/mol. The summed E-state index contributed by atoms with van der Waals surface area (Å²) in [4.78, 5) is 4.83. The van der Waals surface area contributed by atoms with E-state index in [1.165, 1.54) is 25.7 Å². The van der Waals surface area contributed by atoms with E-state index in [0.717, 1.165) is 36.2 Å². The zero-order valence-electron chi connectivity index (χ0n) is 15.3. The third kappa shape index (κ3) is 5.01. The Morgan fingerprint density at radius 3 is 2.84 bits per heavy atom. The van der Waals surface area contributed by atoms with E-state index in [9.17, 15) is 0 Å². The van der Waals surface area contributed by atoms with Gasteiger partial charge in [-0.2, -0.15) is 0 Å². The summed E-state index contributed by atoms with van der Waals surface area (Å²) >= 11 is 0. The van der Waals surface area contributed by atoms with E-state index >= 15 is 0 Å². The van der Waals surface area contributed by atoms with E-state index in [1.54, 1.807) is 0 Å². The Morgan fingerprint density at radius 1 is 1.24 bits per heavy atom. The number of rotatable bonds is 5. The van der Waals surface area contributed by atoms with Crippen molar-refractivity contribution < 1.29 is 9.47 Å². The van der Waals surface area contributed by atoms with E-state index in [4.69, 9.17) is 20.2 Å². The lowest BCUT2D eigenvalue weighted by atomic mass is 9.81. The molecule has 1 fully saturated rings. The van der Waals surface area contributed by atoms with Gasteiger partial charge in [0, 0.05) is 24.3 Å². The smallest absolute Gasteiger partial charge is 0.231 e. The monoisotopic (exact) mass is 346 g/mol.